The summed E-state index contributed by atoms with van der Waals surface area (Å²) in [4.78, 5) is 2.15. The van der Waals surface area contributed by atoms with Gasteiger partial charge in [0.2, 0.25) is 0 Å². The first-order valence-corrected chi connectivity index (χ1v) is 7.08. The van der Waals surface area contributed by atoms with E-state index in [-0.39, 0.29) is 18.6 Å². The summed E-state index contributed by atoms with van der Waals surface area (Å²) in [5.74, 6) is 1.10. The van der Waals surface area contributed by atoms with Crippen LogP contribution < -0.4 is 4.74 Å². The van der Waals surface area contributed by atoms with Crippen LogP contribution in [0.4, 0.5) is 0 Å². The first-order valence-electron chi connectivity index (χ1n) is 7.08. The van der Waals surface area contributed by atoms with Gasteiger partial charge >= 0.3 is 0 Å². The molecule has 1 aromatic carbocycles. The highest BCUT2D eigenvalue weighted by Gasteiger charge is 2.24. The summed E-state index contributed by atoms with van der Waals surface area (Å²) < 4.78 is 5.75. The lowest BCUT2D eigenvalue weighted by Crippen LogP contribution is -2.28. The number of hydrogen-bond acceptors (Lipinski definition) is 3. The molecule has 1 aromatic rings. The third-order valence-electron chi connectivity index (χ3n) is 3.48. The summed E-state index contributed by atoms with van der Waals surface area (Å²) in [6, 6.07) is 6.54. The van der Waals surface area contributed by atoms with Crippen molar-refractivity contribution in [2.24, 2.45) is 5.92 Å². The number of aryl methyl sites for hydroxylation is 1. The SMILES string of the molecule is CCOc1ccc(CC)cc1C(C(C)CO)N(C)C. The first kappa shape index (κ1) is 16.0. The maximum atomic E-state index is 9.50. The zero-order valence-corrected chi connectivity index (χ0v) is 12.8. The van der Waals surface area contributed by atoms with Gasteiger partial charge in [-0.15, -0.1) is 0 Å². The van der Waals surface area contributed by atoms with E-state index in [9.17, 15) is 5.11 Å². The molecule has 0 aromatic heterocycles. The Morgan fingerprint density at radius 3 is 2.42 bits per heavy atom. The van der Waals surface area contributed by atoms with Crippen molar-refractivity contribution in [1.82, 2.24) is 4.90 Å². The molecule has 0 saturated heterocycles. The Bertz CT molecular complexity index is 390. The number of aliphatic hydroxyl groups excluding tert-OH is 1. The minimum absolute atomic E-state index is 0.165. The van der Waals surface area contributed by atoms with Gasteiger partial charge in [-0.2, -0.15) is 0 Å². The van der Waals surface area contributed by atoms with Gasteiger partial charge in [-0.1, -0.05) is 26.0 Å². The van der Waals surface area contributed by atoms with E-state index in [4.69, 9.17) is 4.74 Å². The van der Waals surface area contributed by atoms with Crippen LogP contribution >= 0.6 is 0 Å². The lowest BCUT2D eigenvalue weighted by Gasteiger charge is -2.31. The quantitative estimate of drug-likeness (QED) is 0.823. The van der Waals surface area contributed by atoms with E-state index in [0.717, 1.165) is 12.2 Å². The summed E-state index contributed by atoms with van der Waals surface area (Å²) in [6.07, 6.45) is 1.01. The molecule has 1 rings (SSSR count). The maximum Gasteiger partial charge on any atom is 0.124 e. The van der Waals surface area contributed by atoms with Crippen LogP contribution in [0.1, 0.15) is 37.9 Å². The molecule has 0 amide bonds. The molecule has 1 N–H and O–H groups in total. The minimum Gasteiger partial charge on any atom is -0.494 e. The fourth-order valence-corrected chi connectivity index (χ4v) is 2.53. The minimum atomic E-state index is 0.165. The molecular weight excluding hydrogens is 238 g/mol. The van der Waals surface area contributed by atoms with Gasteiger partial charge in [0.05, 0.1) is 6.61 Å². The highest BCUT2D eigenvalue weighted by Crippen LogP contribution is 2.34. The fraction of sp³-hybridized carbons (Fsp3) is 0.625. The van der Waals surface area contributed by atoms with Crippen LogP contribution in [0.5, 0.6) is 5.75 Å². The van der Waals surface area contributed by atoms with Gasteiger partial charge < -0.3 is 14.7 Å². The predicted molar refractivity (Wildman–Crippen MR) is 79.7 cm³/mol. The van der Waals surface area contributed by atoms with E-state index >= 15 is 0 Å². The molecule has 0 bridgehead atoms. The van der Waals surface area contributed by atoms with Crippen molar-refractivity contribution in [1.29, 1.82) is 0 Å². The Labute approximate surface area is 117 Å². The number of hydrogen-bond donors (Lipinski definition) is 1. The summed E-state index contributed by atoms with van der Waals surface area (Å²) in [6.45, 7) is 7.05. The largest absolute Gasteiger partial charge is 0.494 e. The molecule has 2 unspecified atom stereocenters. The Kier molecular flexibility index (Phi) is 6.32. The predicted octanol–water partition coefficient (Wildman–Crippen LogP) is 2.88. The average molecular weight is 265 g/mol. The number of benzene rings is 1. The maximum absolute atomic E-state index is 9.50. The number of nitrogens with zero attached hydrogens (tertiary/aromatic N) is 1. The van der Waals surface area contributed by atoms with E-state index < -0.39 is 0 Å². The van der Waals surface area contributed by atoms with Gasteiger partial charge in [-0.3, -0.25) is 0 Å². The lowest BCUT2D eigenvalue weighted by atomic mass is 9.91. The molecular formula is C16H27NO2. The van der Waals surface area contributed by atoms with Crippen LogP contribution in [0.25, 0.3) is 0 Å². The first-order chi connectivity index (χ1) is 9.04. The Morgan fingerprint density at radius 1 is 1.26 bits per heavy atom. The second-order valence-electron chi connectivity index (χ2n) is 5.23. The highest BCUT2D eigenvalue weighted by atomic mass is 16.5. The second kappa shape index (κ2) is 7.51. The Morgan fingerprint density at radius 2 is 1.95 bits per heavy atom. The van der Waals surface area contributed by atoms with Crippen LogP contribution in [0, 0.1) is 5.92 Å². The summed E-state index contributed by atoms with van der Waals surface area (Å²) >= 11 is 0. The van der Waals surface area contributed by atoms with Crippen molar-refractivity contribution in [3.05, 3.63) is 29.3 Å². The van der Waals surface area contributed by atoms with Crippen molar-refractivity contribution in [3.63, 3.8) is 0 Å². The summed E-state index contributed by atoms with van der Waals surface area (Å²) in [5, 5.41) is 9.50. The molecule has 108 valence electrons. The lowest BCUT2D eigenvalue weighted by molar-refractivity contribution is 0.142. The topological polar surface area (TPSA) is 32.7 Å². The van der Waals surface area contributed by atoms with Crippen LogP contribution in [-0.4, -0.2) is 37.3 Å². The van der Waals surface area contributed by atoms with Crippen molar-refractivity contribution >= 4 is 0 Å². The summed E-state index contributed by atoms with van der Waals surface area (Å²) in [7, 11) is 4.09. The third-order valence-corrected chi connectivity index (χ3v) is 3.48. The molecule has 0 aliphatic carbocycles. The Balaban J connectivity index is 3.24. The smallest absolute Gasteiger partial charge is 0.124 e. The van der Waals surface area contributed by atoms with Crippen molar-refractivity contribution in [2.75, 3.05) is 27.3 Å². The van der Waals surface area contributed by atoms with Crippen LogP contribution in [-0.2, 0) is 6.42 Å². The van der Waals surface area contributed by atoms with Gasteiger partial charge in [0.25, 0.3) is 0 Å². The van der Waals surface area contributed by atoms with Gasteiger partial charge in [-0.25, -0.2) is 0 Å². The van der Waals surface area contributed by atoms with Gasteiger partial charge in [0.1, 0.15) is 5.75 Å². The normalized spacial score (nSPS) is 14.5. The molecule has 0 heterocycles. The molecule has 0 fully saturated rings. The molecule has 19 heavy (non-hydrogen) atoms. The van der Waals surface area contributed by atoms with Crippen molar-refractivity contribution in [2.45, 2.75) is 33.2 Å². The van der Waals surface area contributed by atoms with E-state index in [2.05, 4.69) is 36.9 Å². The fourth-order valence-electron chi connectivity index (χ4n) is 2.53. The molecule has 3 nitrogen and oxygen atoms in total. The van der Waals surface area contributed by atoms with Crippen LogP contribution in [0.2, 0.25) is 0 Å². The van der Waals surface area contributed by atoms with Gasteiger partial charge in [0.15, 0.2) is 0 Å². The van der Waals surface area contributed by atoms with E-state index in [1.807, 2.05) is 21.0 Å². The second-order valence-corrected chi connectivity index (χ2v) is 5.23. The average Bonchev–Trinajstić information content (AvgIpc) is 2.40. The summed E-state index contributed by atoms with van der Waals surface area (Å²) in [5.41, 5.74) is 2.48. The monoisotopic (exact) mass is 265 g/mol. The number of rotatable bonds is 7. The number of ether oxygens (including phenoxy) is 1. The van der Waals surface area contributed by atoms with E-state index in [1.165, 1.54) is 11.1 Å². The van der Waals surface area contributed by atoms with Crippen LogP contribution in [0.15, 0.2) is 18.2 Å². The standard InChI is InChI=1S/C16H27NO2/c1-6-13-8-9-15(19-7-2)14(10-13)16(17(4)5)12(3)11-18/h8-10,12,16,18H,6-7,11H2,1-5H3. The zero-order chi connectivity index (χ0) is 14.4. The molecule has 0 aliphatic rings. The molecule has 0 aliphatic heterocycles. The number of aliphatic hydroxyl groups is 1. The molecule has 0 spiro atoms. The van der Waals surface area contributed by atoms with E-state index in [0.29, 0.717) is 6.61 Å². The Hall–Kier alpha value is -1.06. The van der Waals surface area contributed by atoms with Crippen molar-refractivity contribution < 1.29 is 9.84 Å². The van der Waals surface area contributed by atoms with Crippen LogP contribution in [0.3, 0.4) is 0 Å². The molecule has 2 atom stereocenters. The third kappa shape index (κ3) is 3.95. The molecule has 0 radical (unpaired) electrons. The van der Waals surface area contributed by atoms with Crippen molar-refractivity contribution in [3.8, 4) is 5.75 Å². The highest BCUT2D eigenvalue weighted by molar-refractivity contribution is 5.40. The molecule has 0 saturated carbocycles. The van der Waals surface area contributed by atoms with Gasteiger partial charge in [0, 0.05) is 18.2 Å². The molecule has 3 heteroatoms. The van der Waals surface area contributed by atoms with E-state index in [1.54, 1.807) is 0 Å². The van der Waals surface area contributed by atoms with Gasteiger partial charge in [-0.05, 0) is 45.0 Å². The zero-order valence-electron chi connectivity index (χ0n) is 12.8.